The van der Waals surface area contributed by atoms with Crippen molar-refractivity contribution in [3.63, 3.8) is 0 Å². The van der Waals surface area contributed by atoms with Crippen LogP contribution in [0.5, 0.6) is 0 Å². The molecule has 0 radical (unpaired) electrons. The van der Waals surface area contributed by atoms with Crippen molar-refractivity contribution in [2.45, 2.75) is 52.4 Å². The first-order chi connectivity index (χ1) is 9.24. The smallest absolute Gasteiger partial charge is 0.305 e. The minimum absolute atomic E-state index is 0. The molecule has 0 atom stereocenters. The number of halogens is 1. The first kappa shape index (κ1) is 21.8. The number of nitrogens with zero attached hydrogens (tertiary/aromatic N) is 1. The molecule has 0 aromatic heterocycles. The van der Waals surface area contributed by atoms with Gasteiger partial charge in [0.15, 0.2) is 5.96 Å². The van der Waals surface area contributed by atoms with Crippen LogP contribution in [0.4, 0.5) is 0 Å². The predicted octanol–water partition coefficient (Wildman–Crippen LogP) is 2.69. The third-order valence-electron chi connectivity index (χ3n) is 2.70. The topological polar surface area (TPSA) is 62.7 Å². The maximum Gasteiger partial charge on any atom is 0.305 e. The van der Waals surface area contributed by atoms with Gasteiger partial charge in [-0.1, -0.05) is 26.2 Å². The second-order valence-corrected chi connectivity index (χ2v) is 4.40. The largest absolute Gasteiger partial charge is 0.466 e. The molecule has 120 valence electrons. The van der Waals surface area contributed by atoms with Crippen molar-refractivity contribution in [1.29, 1.82) is 0 Å². The number of hydrogen-bond donors (Lipinski definition) is 2. The van der Waals surface area contributed by atoms with Gasteiger partial charge in [-0.05, 0) is 19.8 Å². The molecule has 0 aliphatic rings. The molecule has 0 aromatic rings. The second-order valence-electron chi connectivity index (χ2n) is 4.40. The zero-order chi connectivity index (χ0) is 14.3. The van der Waals surface area contributed by atoms with Gasteiger partial charge in [0.2, 0.25) is 0 Å². The van der Waals surface area contributed by atoms with Crippen LogP contribution >= 0.6 is 24.0 Å². The highest BCUT2D eigenvalue weighted by Gasteiger charge is 2.01. The standard InChI is InChI=1S/C14H29N3O2.HI/c1-4-6-7-8-11-16-14(15-3)17-12-9-10-13(18)19-5-2;/h4-12H2,1-3H3,(H2,15,16,17);1H. The molecular formula is C14H30IN3O2. The lowest BCUT2D eigenvalue weighted by Crippen LogP contribution is -2.38. The molecule has 5 nitrogen and oxygen atoms in total. The summed E-state index contributed by atoms with van der Waals surface area (Å²) in [7, 11) is 1.76. The van der Waals surface area contributed by atoms with Crippen LogP contribution in [0.3, 0.4) is 0 Å². The van der Waals surface area contributed by atoms with Crippen molar-refractivity contribution in [3.8, 4) is 0 Å². The zero-order valence-corrected chi connectivity index (χ0v) is 15.4. The van der Waals surface area contributed by atoms with E-state index in [1.54, 1.807) is 7.05 Å². The molecular weight excluding hydrogens is 369 g/mol. The van der Waals surface area contributed by atoms with Crippen molar-refractivity contribution in [1.82, 2.24) is 10.6 Å². The average Bonchev–Trinajstić information content (AvgIpc) is 2.41. The van der Waals surface area contributed by atoms with Gasteiger partial charge in [0.25, 0.3) is 0 Å². The Morgan fingerprint density at radius 1 is 1.05 bits per heavy atom. The zero-order valence-electron chi connectivity index (χ0n) is 13.0. The minimum atomic E-state index is -0.133. The third kappa shape index (κ3) is 13.9. The number of carbonyl (C=O) groups is 1. The fourth-order valence-corrected chi connectivity index (χ4v) is 1.65. The molecule has 0 aromatic carbocycles. The van der Waals surface area contributed by atoms with Gasteiger partial charge in [-0.3, -0.25) is 9.79 Å². The number of nitrogens with one attached hydrogen (secondary N) is 2. The Hall–Kier alpha value is -0.530. The molecule has 0 saturated carbocycles. The molecule has 0 amide bonds. The van der Waals surface area contributed by atoms with Gasteiger partial charge in [0.1, 0.15) is 0 Å². The molecule has 0 fully saturated rings. The Balaban J connectivity index is 0. The summed E-state index contributed by atoms with van der Waals surface area (Å²) < 4.78 is 4.87. The van der Waals surface area contributed by atoms with Crippen LogP contribution in [0.25, 0.3) is 0 Å². The Labute approximate surface area is 140 Å². The van der Waals surface area contributed by atoms with E-state index < -0.39 is 0 Å². The molecule has 0 spiro atoms. The number of ether oxygens (including phenoxy) is 1. The van der Waals surface area contributed by atoms with Crippen LogP contribution in [0.15, 0.2) is 4.99 Å². The molecule has 0 rings (SSSR count). The van der Waals surface area contributed by atoms with Crippen molar-refractivity contribution < 1.29 is 9.53 Å². The van der Waals surface area contributed by atoms with Crippen LogP contribution in [-0.2, 0) is 9.53 Å². The Morgan fingerprint density at radius 2 is 1.70 bits per heavy atom. The highest BCUT2D eigenvalue weighted by atomic mass is 127. The van der Waals surface area contributed by atoms with Crippen LogP contribution in [0.1, 0.15) is 52.4 Å². The van der Waals surface area contributed by atoms with Gasteiger partial charge in [-0.2, -0.15) is 0 Å². The van der Waals surface area contributed by atoms with E-state index in [4.69, 9.17) is 4.74 Å². The van der Waals surface area contributed by atoms with Gasteiger partial charge in [-0.25, -0.2) is 0 Å². The average molecular weight is 399 g/mol. The lowest BCUT2D eigenvalue weighted by atomic mass is 10.2. The van der Waals surface area contributed by atoms with Gasteiger partial charge in [0, 0.05) is 26.6 Å². The van der Waals surface area contributed by atoms with E-state index in [9.17, 15) is 4.79 Å². The summed E-state index contributed by atoms with van der Waals surface area (Å²) in [5.74, 6) is 0.673. The van der Waals surface area contributed by atoms with Crippen LogP contribution in [0.2, 0.25) is 0 Å². The van der Waals surface area contributed by atoms with E-state index in [0.717, 1.165) is 31.9 Å². The van der Waals surface area contributed by atoms with E-state index in [0.29, 0.717) is 13.0 Å². The normalized spacial score (nSPS) is 10.7. The molecule has 0 aliphatic heterocycles. The summed E-state index contributed by atoms with van der Waals surface area (Å²) in [5.41, 5.74) is 0. The molecule has 0 aliphatic carbocycles. The van der Waals surface area contributed by atoms with Crippen molar-refractivity contribution >= 4 is 35.9 Å². The van der Waals surface area contributed by atoms with E-state index >= 15 is 0 Å². The Kier molecular flexibility index (Phi) is 18.0. The molecule has 0 unspecified atom stereocenters. The van der Waals surface area contributed by atoms with Crippen LogP contribution in [0, 0.1) is 0 Å². The second kappa shape index (κ2) is 16.5. The quantitative estimate of drug-likeness (QED) is 0.195. The highest BCUT2D eigenvalue weighted by molar-refractivity contribution is 14.0. The predicted molar refractivity (Wildman–Crippen MR) is 94.8 cm³/mol. The van der Waals surface area contributed by atoms with Crippen molar-refractivity contribution in [2.75, 3.05) is 26.7 Å². The SMILES string of the molecule is CCCCCCNC(=NC)NCCCC(=O)OCC.I. The summed E-state index contributed by atoms with van der Waals surface area (Å²) in [6.07, 6.45) is 6.17. The summed E-state index contributed by atoms with van der Waals surface area (Å²) in [6, 6.07) is 0. The Bertz CT molecular complexity index is 261. The summed E-state index contributed by atoms with van der Waals surface area (Å²) in [6.45, 7) is 6.15. The van der Waals surface area contributed by atoms with Gasteiger partial charge >= 0.3 is 5.97 Å². The molecule has 20 heavy (non-hydrogen) atoms. The number of guanidine groups is 1. The number of rotatable bonds is 10. The van der Waals surface area contributed by atoms with Gasteiger partial charge in [-0.15, -0.1) is 24.0 Å². The highest BCUT2D eigenvalue weighted by Crippen LogP contribution is 1.97. The molecule has 0 saturated heterocycles. The number of unbranched alkanes of at least 4 members (excludes halogenated alkanes) is 3. The Morgan fingerprint density at radius 3 is 2.25 bits per heavy atom. The molecule has 2 N–H and O–H groups in total. The monoisotopic (exact) mass is 399 g/mol. The summed E-state index contributed by atoms with van der Waals surface area (Å²) in [4.78, 5) is 15.3. The van der Waals surface area contributed by atoms with Crippen molar-refractivity contribution in [3.05, 3.63) is 0 Å². The van der Waals surface area contributed by atoms with E-state index in [1.807, 2.05) is 6.92 Å². The molecule has 6 heteroatoms. The van der Waals surface area contributed by atoms with Gasteiger partial charge in [0.05, 0.1) is 6.61 Å². The summed E-state index contributed by atoms with van der Waals surface area (Å²) in [5, 5.41) is 6.45. The van der Waals surface area contributed by atoms with Crippen LogP contribution in [-0.4, -0.2) is 38.7 Å². The van der Waals surface area contributed by atoms with E-state index in [1.165, 1.54) is 19.3 Å². The molecule has 0 bridgehead atoms. The third-order valence-corrected chi connectivity index (χ3v) is 2.70. The lowest BCUT2D eigenvalue weighted by molar-refractivity contribution is -0.143. The maximum absolute atomic E-state index is 11.1. The van der Waals surface area contributed by atoms with Gasteiger partial charge < -0.3 is 15.4 Å². The number of aliphatic imine (C=N–C) groups is 1. The fraction of sp³-hybridized carbons (Fsp3) is 0.857. The first-order valence-corrected chi connectivity index (χ1v) is 7.34. The maximum atomic E-state index is 11.1. The fourth-order valence-electron chi connectivity index (χ4n) is 1.65. The number of carbonyl (C=O) groups excluding carboxylic acids is 1. The summed E-state index contributed by atoms with van der Waals surface area (Å²) >= 11 is 0. The van der Waals surface area contributed by atoms with Crippen molar-refractivity contribution in [2.24, 2.45) is 4.99 Å². The van der Waals surface area contributed by atoms with E-state index in [-0.39, 0.29) is 29.9 Å². The number of esters is 1. The first-order valence-electron chi connectivity index (χ1n) is 7.34. The lowest BCUT2D eigenvalue weighted by Gasteiger charge is -2.11. The van der Waals surface area contributed by atoms with Crippen LogP contribution < -0.4 is 10.6 Å². The van der Waals surface area contributed by atoms with E-state index in [2.05, 4.69) is 22.5 Å². The number of hydrogen-bond acceptors (Lipinski definition) is 3. The molecule has 0 heterocycles. The minimum Gasteiger partial charge on any atom is -0.466 e.